The number of hydrogen-bond acceptors (Lipinski definition) is 2. The van der Waals surface area contributed by atoms with Gasteiger partial charge in [-0.25, -0.2) is 4.39 Å². The van der Waals surface area contributed by atoms with E-state index in [-0.39, 0.29) is 0 Å². The molecule has 1 saturated heterocycles. The van der Waals surface area contributed by atoms with Crippen LogP contribution in [0.2, 0.25) is 5.02 Å². The second-order valence-electron chi connectivity index (χ2n) is 4.47. The average molecular weight is 259 g/mol. The molecule has 1 aliphatic heterocycles. The van der Waals surface area contributed by atoms with Crippen molar-refractivity contribution < 1.29 is 14.2 Å². The standard InChI is InChI=1S/C13H16ClFO2/c14-10-1-2-12(15)11(8-10)13(16)7-9-3-5-17-6-4-9/h1-2,8-9,13,16H,3-7H2. The Morgan fingerprint density at radius 3 is 2.82 bits per heavy atom. The number of halogens is 2. The number of hydrogen-bond donors (Lipinski definition) is 1. The van der Waals surface area contributed by atoms with Crippen LogP contribution in [0.1, 0.15) is 30.9 Å². The Balaban J connectivity index is 2.02. The number of aliphatic hydroxyl groups is 1. The third kappa shape index (κ3) is 3.41. The number of ether oxygens (including phenoxy) is 1. The van der Waals surface area contributed by atoms with E-state index in [1.807, 2.05) is 0 Å². The van der Waals surface area contributed by atoms with Crippen LogP contribution in [-0.4, -0.2) is 18.3 Å². The van der Waals surface area contributed by atoms with Crippen LogP contribution in [0.3, 0.4) is 0 Å². The van der Waals surface area contributed by atoms with Crippen molar-refractivity contribution in [1.82, 2.24) is 0 Å². The number of aliphatic hydroxyl groups excluding tert-OH is 1. The minimum atomic E-state index is -0.781. The summed E-state index contributed by atoms with van der Waals surface area (Å²) in [6.45, 7) is 1.46. The Kier molecular flexibility index (Phi) is 4.37. The molecule has 0 radical (unpaired) electrons. The van der Waals surface area contributed by atoms with E-state index >= 15 is 0 Å². The van der Waals surface area contributed by atoms with Gasteiger partial charge in [0.25, 0.3) is 0 Å². The van der Waals surface area contributed by atoms with Gasteiger partial charge in [0, 0.05) is 23.8 Å². The van der Waals surface area contributed by atoms with Gasteiger partial charge >= 0.3 is 0 Å². The molecule has 0 amide bonds. The van der Waals surface area contributed by atoms with Gasteiger partial charge < -0.3 is 9.84 Å². The molecule has 1 fully saturated rings. The van der Waals surface area contributed by atoms with Crippen LogP contribution in [0.25, 0.3) is 0 Å². The first-order valence-electron chi connectivity index (χ1n) is 5.87. The fourth-order valence-electron chi connectivity index (χ4n) is 2.19. The summed E-state index contributed by atoms with van der Waals surface area (Å²) in [4.78, 5) is 0. The minimum absolute atomic E-state index is 0.295. The van der Waals surface area contributed by atoms with Crippen LogP contribution in [0.15, 0.2) is 18.2 Å². The van der Waals surface area contributed by atoms with Crippen molar-refractivity contribution in [2.24, 2.45) is 5.92 Å². The van der Waals surface area contributed by atoms with Crippen LogP contribution in [0.5, 0.6) is 0 Å². The van der Waals surface area contributed by atoms with Crippen LogP contribution in [0.4, 0.5) is 4.39 Å². The first kappa shape index (κ1) is 12.8. The molecule has 2 rings (SSSR count). The average Bonchev–Trinajstić information content (AvgIpc) is 2.33. The monoisotopic (exact) mass is 258 g/mol. The van der Waals surface area contributed by atoms with Gasteiger partial charge in [0.2, 0.25) is 0 Å². The Hall–Kier alpha value is -0.640. The molecule has 17 heavy (non-hydrogen) atoms. The largest absolute Gasteiger partial charge is 0.388 e. The van der Waals surface area contributed by atoms with E-state index in [1.165, 1.54) is 18.2 Å². The summed E-state index contributed by atoms with van der Waals surface area (Å²) in [5.74, 6) is 0.00564. The van der Waals surface area contributed by atoms with Gasteiger partial charge in [0.05, 0.1) is 6.10 Å². The normalized spacial score (nSPS) is 19.2. The second-order valence-corrected chi connectivity index (χ2v) is 4.91. The molecule has 4 heteroatoms. The predicted molar refractivity (Wildman–Crippen MR) is 64.5 cm³/mol. The molecular formula is C13H16ClFO2. The Morgan fingerprint density at radius 2 is 2.12 bits per heavy atom. The predicted octanol–water partition coefficient (Wildman–Crippen LogP) is 3.33. The lowest BCUT2D eigenvalue weighted by atomic mass is 9.91. The first-order chi connectivity index (χ1) is 8.16. The minimum Gasteiger partial charge on any atom is -0.388 e. The highest BCUT2D eigenvalue weighted by Crippen LogP contribution is 2.30. The smallest absolute Gasteiger partial charge is 0.129 e. The van der Waals surface area contributed by atoms with E-state index in [2.05, 4.69) is 0 Å². The summed E-state index contributed by atoms with van der Waals surface area (Å²) in [5, 5.41) is 10.5. The van der Waals surface area contributed by atoms with E-state index in [0.717, 1.165) is 26.1 Å². The van der Waals surface area contributed by atoms with E-state index < -0.39 is 11.9 Å². The van der Waals surface area contributed by atoms with Crippen molar-refractivity contribution in [3.05, 3.63) is 34.6 Å². The van der Waals surface area contributed by atoms with E-state index in [1.54, 1.807) is 0 Å². The summed E-state index contributed by atoms with van der Waals surface area (Å²) >= 11 is 5.81. The van der Waals surface area contributed by atoms with Crippen molar-refractivity contribution in [2.75, 3.05) is 13.2 Å². The number of benzene rings is 1. The fourth-order valence-corrected chi connectivity index (χ4v) is 2.38. The molecule has 0 bridgehead atoms. The molecule has 0 aromatic heterocycles. The molecule has 1 N–H and O–H groups in total. The molecular weight excluding hydrogens is 243 g/mol. The van der Waals surface area contributed by atoms with Crippen molar-refractivity contribution in [2.45, 2.75) is 25.4 Å². The maximum absolute atomic E-state index is 13.5. The summed E-state index contributed by atoms with van der Waals surface area (Å²) in [5.41, 5.74) is 0.295. The summed E-state index contributed by atoms with van der Waals surface area (Å²) in [7, 11) is 0. The van der Waals surface area contributed by atoms with Gasteiger partial charge in [-0.3, -0.25) is 0 Å². The van der Waals surface area contributed by atoms with Crippen LogP contribution < -0.4 is 0 Å². The second kappa shape index (κ2) is 5.80. The maximum Gasteiger partial charge on any atom is 0.129 e. The molecule has 1 aromatic rings. The molecule has 1 aromatic carbocycles. The van der Waals surface area contributed by atoms with Crippen LogP contribution in [0, 0.1) is 11.7 Å². The van der Waals surface area contributed by atoms with E-state index in [0.29, 0.717) is 22.9 Å². The topological polar surface area (TPSA) is 29.5 Å². The lowest BCUT2D eigenvalue weighted by Crippen LogP contribution is -2.18. The third-order valence-electron chi connectivity index (χ3n) is 3.21. The van der Waals surface area contributed by atoms with Crippen molar-refractivity contribution in [1.29, 1.82) is 0 Å². The summed E-state index contributed by atoms with van der Waals surface area (Å²) in [6.07, 6.45) is 1.65. The quantitative estimate of drug-likeness (QED) is 0.901. The van der Waals surface area contributed by atoms with Gasteiger partial charge in [0.15, 0.2) is 0 Å². The molecule has 0 spiro atoms. The van der Waals surface area contributed by atoms with Gasteiger partial charge in [-0.05, 0) is 43.4 Å². The highest BCUT2D eigenvalue weighted by Gasteiger charge is 2.21. The highest BCUT2D eigenvalue weighted by atomic mass is 35.5. The summed E-state index contributed by atoms with van der Waals surface area (Å²) in [6, 6.07) is 4.29. The van der Waals surface area contributed by atoms with Gasteiger partial charge in [-0.15, -0.1) is 0 Å². The first-order valence-corrected chi connectivity index (χ1v) is 6.25. The molecule has 0 saturated carbocycles. The van der Waals surface area contributed by atoms with Gasteiger partial charge in [-0.1, -0.05) is 11.6 Å². The molecule has 1 atom stereocenters. The molecule has 0 aliphatic carbocycles. The zero-order valence-electron chi connectivity index (χ0n) is 9.53. The van der Waals surface area contributed by atoms with Crippen LogP contribution in [-0.2, 0) is 4.74 Å². The Bertz CT molecular complexity index is 378. The summed E-state index contributed by atoms with van der Waals surface area (Å²) < 4.78 is 18.8. The SMILES string of the molecule is OC(CC1CCOCC1)c1cc(Cl)ccc1F. The molecule has 1 unspecified atom stereocenters. The maximum atomic E-state index is 13.5. The van der Waals surface area contributed by atoms with Crippen molar-refractivity contribution in [3.63, 3.8) is 0 Å². The van der Waals surface area contributed by atoms with Gasteiger partial charge in [0.1, 0.15) is 5.82 Å². The Labute approximate surface area is 105 Å². The molecule has 1 aliphatic rings. The van der Waals surface area contributed by atoms with E-state index in [4.69, 9.17) is 16.3 Å². The Morgan fingerprint density at radius 1 is 1.41 bits per heavy atom. The van der Waals surface area contributed by atoms with E-state index in [9.17, 15) is 9.50 Å². The van der Waals surface area contributed by atoms with Gasteiger partial charge in [-0.2, -0.15) is 0 Å². The lowest BCUT2D eigenvalue weighted by molar-refractivity contribution is 0.0428. The molecule has 1 heterocycles. The molecule has 2 nitrogen and oxygen atoms in total. The zero-order chi connectivity index (χ0) is 12.3. The highest BCUT2D eigenvalue weighted by molar-refractivity contribution is 6.30. The molecule has 94 valence electrons. The zero-order valence-corrected chi connectivity index (χ0v) is 10.3. The lowest BCUT2D eigenvalue weighted by Gasteiger charge is -2.24. The number of rotatable bonds is 3. The van der Waals surface area contributed by atoms with Crippen molar-refractivity contribution >= 4 is 11.6 Å². The van der Waals surface area contributed by atoms with Crippen molar-refractivity contribution in [3.8, 4) is 0 Å². The third-order valence-corrected chi connectivity index (χ3v) is 3.45. The fraction of sp³-hybridized carbons (Fsp3) is 0.538. The van der Waals surface area contributed by atoms with Crippen LogP contribution >= 0.6 is 11.6 Å².